The highest BCUT2D eigenvalue weighted by Crippen LogP contribution is 2.43. The highest BCUT2D eigenvalue weighted by atomic mass is 32.1. The standard InChI is InChI=1S/C53H33N5S.C48H31N5/c1-4-14-34(15-5-1)39-20-12-22-41(30-39)48-33-47(55-53(56-48)42-23-13-21-40(31-42)35-16-6-2-7-17-35)37-28-26-36(27-29-37)44-32-45-49(52-51(44)57-59-58-52)43-24-10-11-25-46(43)54-50(45)38-18-8-3-9-19-38;1-4-13-31(14-5-1)36-19-12-20-37(27-36)48-52-42(33-15-6-2-7-16-33)29-43(53-48)34-25-23-32(24-26-34)39-28-40-44(47-46(39)49-30-50-47)38-21-10-11-22-41(38)51-45(40)35-17-8-3-9-18-35/h1-33H;1-29H,30H2. The van der Waals surface area contributed by atoms with Gasteiger partial charge in [-0.3, -0.25) is 9.98 Å². The lowest BCUT2D eigenvalue weighted by molar-refractivity contribution is 1.06. The third kappa shape index (κ3) is 12.8. The predicted octanol–water partition coefficient (Wildman–Crippen LogP) is 24.2. The fourth-order valence-corrected chi connectivity index (χ4v) is 16.0. The zero-order valence-corrected chi connectivity index (χ0v) is 61.2. The molecule has 0 aliphatic carbocycles. The van der Waals surface area contributed by atoms with Gasteiger partial charge in [-0.2, -0.15) is 8.75 Å². The number of para-hydroxylation sites is 2. The van der Waals surface area contributed by atoms with Gasteiger partial charge in [-0.1, -0.05) is 322 Å². The minimum absolute atomic E-state index is 0.411. The molecule has 112 heavy (non-hydrogen) atoms. The van der Waals surface area contributed by atoms with Gasteiger partial charge in [-0.25, -0.2) is 29.9 Å². The minimum Gasteiger partial charge on any atom is -0.259 e. The molecule has 10 nitrogen and oxygen atoms in total. The molecule has 0 radical (unpaired) electrons. The first-order valence-electron chi connectivity index (χ1n) is 37.4. The molecule has 0 fully saturated rings. The maximum Gasteiger partial charge on any atom is 0.160 e. The van der Waals surface area contributed by atoms with E-state index in [1.807, 2.05) is 60.7 Å². The third-order valence-corrected chi connectivity index (χ3v) is 21.4. The van der Waals surface area contributed by atoms with Crippen molar-refractivity contribution in [2.45, 2.75) is 0 Å². The molecule has 1 aliphatic heterocycles. The second kappa shape index (κ2) is 29.1. The smallest absolute Gasteiger partial charge is 0.160 e. The molecule has 11 heteroatoms. The molecule has 1 aliphatic rings. The van der Waals surface area contributed by atoms with Gasteiger partial charge in [0.25, 0.3) is 0 Å². The van der Waals surface area contributed by atoms with Gasteiger partial charge in [0.2, 0.25) is 0 Å². The normalized spacial score (nSPS) is 11.7. The fourth-order valence-electron chi connectivity index (χ4n) is 15.4. The average Bonchev–Trinajstić information content (AvgIpc) is 1.34. The van der Waals surface area contributed by atoms with Crippen molar-refractivity contribution in [1.29, 1.82) is 0 Å². The monoisotopic (exact) mass is 1450 g/mol. The lowest BCUT2D eigenvalue weighted by Crippen LogP contribution is -2.25. The molecule has 0 saturated heterocycles. The molecular weight excluding hydrogens is 1390 g/mol. The average molecular weight is 1450 g/mol. The molecule has 0 saturated carbocycles. The number of nitrogens with zero attached hydrogens (tertiary/aromatic N) is 10. The van der Waals surface area contributed by atoms with E-state index in [2.05, 4.69) is 315 Å². The molecule has 6 heterocycles. The number of fused-ring (bicyclic) bond motifs is 10. The van der Waals surface area contributed by atoms with Gasteiger partial charge in [0.15, 0.2) is 11.6 Å². The first-order chi connectivity index (χ1) is 55.5. The number of rotatable bonds is 13. The Hall–Kier alpha value is -14.8. The van der Waals surface area contributed by atoms with Gasteiger partial charge in [0.1, 0.15) is 17.7 Å². The van der Waals surface area contributed by atoms with Crippen molar-refractivity contribution in [3.63, 3.8) is 0 Å². The molecule has 0 bridgehead atoms. The van der Waals surface area contributed by atoms with E-state index in [9.17, 15) is 0 Å². The Morgan fingerprint density at radius 2 is 0.536 bits per heavy atom. The Morgan fingerprint density at radius 1 is 0.205 bits per heavy atom. The van der Waals surface area contributed by atoms with Crippen LogP contribution in [0.3, 0.4) is 0 Å². The highest BCUT2D eigenvalue weighted by Gasteiger charge is 2.23. The Bertz CT molecular complexity index is 7010. The van der Waals surface area contributed by atoms with Gasteiger partial charge in [0, 0.05) is 88.0 Å². The van der Waals surface area contributed by atoms with Crippen LogP contribution in [0.25, 0.3) is 200 Å². The third-order valence-electron chi connectivity index (χ3n) is 20.9. The summed E-state index contributed by atoms with van der Waals surface area (Å²) in [6.45, 7) is 0.411. The van der Waals surface area contributed by atoms with Gasteiger partial charge in [-0.05, 0) is 99.1 Å². The van der Waals surface area contributed by atoms with Crippen LogP contribution in [0.15, 0.2) is 386 Å². The molecular formula is C101H64N10S. The van der Waals surface area contributed by atoms with Crippen molar-refractivity contribution in [2.75, 3.05) is 6.67 Å². The van der Waals surface area contributed by atoms with Gasteiger partial charge in [0.05, 0.1) is 67.6 Å². The summed E-state index contributed by atoms with van der Waals surface area (Å²) >= 11 is 1.25. The van der Waals surface area contributed by atoms with E-state index in [1.54, 1.807) is 0 Å². The number of hydrogen-bond donors (Lipinski definition) is 0. The molecule has 5 aromatic heterocycles. The predicted molar refractivity (Wildman–Crippen MR) is 458 cm³/mol. The summed E-state index contributed by atoms with van der Waals surface area (Å²) < 4.78 is 9.77. The maximum atomic E-state index is 5.23. The summed E-state index contributed by atoms with van der Waals surface area (Å²) in [5.74, 6) is 1.35. The van der Waals surface area contributed by atoms with Crippen LogP contribution in [-0.2, 0) is 0 Å². The molecule has 15 aromatic carbocycles. The van der Waals surface area contributed by atoms with Gasteiger partial charge < -0.3 is 0 Å². The van der Waals surface area contributed by atoms with E-state index in [-0.39, 0.29) is 0 Å². The number of aromatic nitrogens is 8. The van der Waals surface area contributed by atoms with Gasteiger partial charge >= 0.3 is 0 Å². The summed E-state index contributed by atoms with van der Waals surface area (Å²) in [5.41, 5.74) is 28.1. The van der Waals surface area contributed by atoms with E-state index >= 15 is 0 Å². The summed E-state index contributed by atoms with van der Waals surface area (Å²) in [7, 11) is 0. The van der Waals surface area contributed by atoms with Crippen molar-refractivity contribution >= 4 is 66.1 Å². The maximum absolute atomic E-state index is 5.23. The number of hydrogen-bond acceptors (Lipinski definition) is 11. The summed E-state index contributed by atoms with van der Waals surface area (Å²) in [6, 6.07) is 131. The molecule has 21 rings (SSSR count). The molecule has 0 atom stereocenters. The Morgan fingerprint density at radius 3 is 1.02 bits per heavy atom. The second-order valence-corrected chi connectivity index (χ2v) is 28.3. The van der Waals surface area contributed by atoms with E-state index in [0.717, 1.165) is 199 Å². The Balaban J connectivity index is 0.000000147. The molecule has 0 amide bonds. The number of benzene rings is 15. The second-order valence-electron chi connectivity index (χ2n) is 27.8. The highest BCUT2D eigenvalue weighted by molar-refractivity contribution is 7.00. The van der Waals surface area contributed by atoms with Crippen LogP contribution in [-0.4, -0.2) is 45.3 Å². The lowest BCUT2D eigenvalue weighted by atomic mass is 9.93. The Labute approximate surface area is 649 Å². The first-order valence-corrected chi connectivity index (χ1v) is 38.1. The number of pyridine rings is 2. The van der Waals surface area contributed by atoms with Gasteiger partial charge in [-0.15, -0.1) is 0 Å². The minimum atomic E-state index is 0.411. The van der Waals surface area contributed by atoms with Crippen molar-refractivity contribution in [3.8, 4) is 146 Å². The van der Waals surface area contributed by atoms with Crippen molar-refractivity contribution in [3.05, 3.63) is 387 Å². The van der Waals surface area contributed by atoms with E-state index in [1.165, 1.54) is 11.7 Å². The zero-order valence-electron chi connectivity index (χ0n) is 60.4. The summed E-state index contributed by atoms with van der Waals surface area (Å²) in [5, 5.41) is 8.31. The van der Waals surface area contributed by atoms with Crippen LogP contribution >= 0.6 is 11.7 Å². The topological polar surface area (TPSA) is 128 Å². The van der Waals surface area contributed by atoms with Crippen molar-refractivity contribution < 1.29 is 0 Å². The van der Waals surface area contributed by atoms with E-state index in [4.69, 9.17) is 48.6 Å². The van der Waals surface area contributed by atoms with Crippen LogP contribution in [0.4, 0.5) is 0 Å². The van der Waals surface area contributed by atoms with Crippen molar-refractivity contribution in [1.82, 2.24) is 38.7 Å². The van der Waals surface area contributed by atoms with Crippen LogP contribution in [0.5, 0.6) is 0 Å². The largest absolute Gasteiger partial charge is 0.259 e. The molecule has 0 spiro atoms. The summed E-state index contributed by atoms with van der Waals surface area (Å²) in [6.07, 6.45) is 0. The van der Waals surface area contributed by atoms with Crippen LogP contribution in [0.2, 0.25) is 0 Å². The lowest BCUT2D eigenvalue weighted by Gasteiger charge is -2.14. The molecule has 0 N–H and O–H groups in total. The van der Waals surface area contributed by atoms with E-state index < -0.39 is 0 Å². The van der Waals surface area contributed by atoms with Crippen LogP contribution in [0.1, 0.15) is 0 Å². The zero-order chi connectivity index (χ0) is 74.3. The molecule has 0 unspecified atom stereocenters. The Kier molecular flexibility index (Phi) is 17.3. The van der Waals surface area contributed by atoms with Crippen molar-refractivity contribution in [2.24, 2.45) is 9.98 Å². The SMILES string of the molecule is c1ccc(-c2cccc(-c3cc(-c4ccc(-c5cc6c(-c7ccccc7)nc7ccccc7c6c6nsnc56)cc4)nc(-c4cccc(-c5ccccc5)c4)n3)c2)cc1.c1ccc(-c2cccc(-c3nc(-c4ccccc4)cc(-c4ccc(-c5cc6c(-c7ccccc7)nc7ccccc7c6c6c5=NCN=6)cc4)n3)c2)cc1. The van der Waals surface area contributed by atoms with Crippen LogP contribution < -0.4 is 10.7 Å². The van der Waals surface area contributed by atoms with E-state index in [0.29, 0.717) is 18.3 Å². The first kappa shape index (κ1) is 66.6. The molecule has 524 valence electrons. The molecule has 20 aromatic rings. The quantitative estimate of drug-likeness (QED) is 0.104. The van der Waals surface area contributed by atoms with Crippen LogP contribution in [0, 0.1) is 0 Å². The summed E-state index contributed by atoms with van der Waals surface area (Å²) in [4.78, 5) is 41.0. The fraction of sp³-hybridized carbons (Fsp3) is 0.00990.